The fourth-order valence-corrected chi connectivity index (χ4v) is 2.10. The van der Waals surface area contributed by atoms with Gasteiger partial charge in [0.1, 0.15) is 0 Å². The van der Waals surface area contributed by atoms with Gasteiger partial charge in [0.05, 0.1) is 0 Å². The minimum atomic E-state index is 0. The standard InChI is InChI=1S/2C9H11NS2.Ni/c2*1-10(9(11)12)7-8-5-3-2-4-6-8;/h2*2-6H,7H2,1H3,(H,11,12);/q;;+2/p-2. The third-order valence-electron chi connectivity index (χ3n) is 3.15. The van der Waals surface area contributed by atoms with Gasteiger partial charge in [0, 0.05) is 27.2 Å². The van der Waals surface area contributed by atoms with Gasteiger partial charge >= 0.3 is 16.5 Å². The molecular weight excluding hydrogens is 431 g/mol. The molecule has 0 radical (unpaired) electrons. The summed E-state index contributed by atoms with van der Waals surface area (Å²) in [5.74, 6) is 0. The molecule has 7 heteroatoms. The fourth-order valence-electron chi connectivity index (χ4n) is 1.84. The zero-order valence-electron chi connectivity index (χ0n) is 14.0. The van der Waals surface area contributed by atoms with Crippen molar-refractivity contribution in [1.82, 2.24) is 9.80 Å². The van der Waals surface area contributed by atoms with E-state index in [0.717, 1.165) is 13.1 Å². The van der Waals surface area contributed by atoms with Crippen LogP contribution in [-0.2, 0) is 54.8 Å². The molecule has 0 saturated heterocycles. The zero-order valence-corrected chi connectivity index (χ0v) is 18.3. The Kier molecular flexibility index (Phi) is 12.9. The largest absolute Gasteiger partial charge is 2.00 e. The molecule has 0 aliphatic carbocycles. The van der Waals surface area contributed by atoms with Gasteiger partial charge in [-0.3, -0.25) is 0 Å². The topological polar surface area (TPSA) is 6.48 Å². The Hall–Kier alpha value is -0.846. The molecule has 0 aliphatic rings. The molecule has 0 saturated carbocycles. The predicted octanol–water partition coefficient (Wildman–Crippen LogP) is 3.90. The quantitative estimate of drug-likeness (QED) is 0.393. The molecule has 2 aromatic carbocycles. The predicted molar refractivity (Wildman–Crippen MR) is 116 cm³/mol. The van der Waals surface area contributed by atoms with Crippen LogP contribution in [0.4, 0.5) is 0 Å². The van der Waals surface area contributed by atoms with Gasteiger partial charge < -0.3 is 59.5 Å². The van der Waals surface area contributed by atoms with E-state index in [9.17, 15) is 0 Å². The Morgan fingerprint density at radius 2 is 1.00 bits per heavy atom. The molecule has 0 bridgehead atoms. The monoisotopic (exact) mass is 450 g/mol. The van der Waals surface area contributed by atoms with Crippen molar-refractivity contribution in [3.8, 4) is 0 Å². The van der Waals surface area contributed by atoms with E-state index in [1.165, 1.54) is 11.1 Å². The van der Waals surface area contributed by atoms with E-state index in [0.29, 0.717) is 8.64 Å². The van der Waals surface area contributed by atoms with Crippen molar-refractivity contribution in [2.75, 3.05) is 14.1 Å². The molecule has 0 unspecified atom stereocenters. The zero-order chi connectivity index (χ0) is 17.9. The number of rotatable bonds is 4. The van der Waals surface area contributed by atoms with E-state index in [4.69, 9.17) is 49.7 Å². The first-order valence-electron chi connectivity index (χ1n) is 7.32. The first-order valence-corrected chi connectivity index (χ1v) is 8.95. The summed E-state index contributed by atoms with van der Waals surface area (Å²) < 4.78 is 1.03. The van der Waals surface area contributed by atoms with E-state index < -0.39 is 0 Å². The van der Waals surface area contributed by atoms with Crippen molar-refractivity contribution in [1.29, 1.82) is 0 Å². The second-order valence-electron chi connectivity index (χ2n) is 5.22. The molecule has 136 valence electrons. The molecule has 0 amide bonds. The first kappa shape index (κ1) is 24.2. The molecular formula is C18H20N2NiS4. The van der Waals surface area contributed by atoms with Crippen LogP contribution in [-0.4, -0.2) is 32.5 Å². The number of benzene rings is 2. The molecule has 25 heavy (non-hydrogen) atoms. The van der Waals surface area contributed by atoms with E-state index in [2.05, 4.69) is 24.3 Å². The van der Waals surface area contributed by atoms with Gasteiger partial charge in [0.2, 0.25) is 0 Å². The maximum atomic E-state index is 4.86. The average molecular weight is 451 g/mol. The van der Waals surface area contributed by atoms with Crippen LogP contribution >= 0.6 is 24.4 Å². The van der Waals surface area contributed by atoms with Gasteiger partial charge in [-0.1, -0.05) is 69.3 Å². The minimum Gasteiger partial charge on any atom is -0.411 e. The molecule has 0 aliphatic heterocycles. The summed E-state index contributed by atoms with van der Waals surface area (Å²) in [6.45, 7) is 1.59. The first-order chi connectivity index (χ1) is 11.4. The van der Waals surface area contributed by atoms with E-state index in [1.54, 1.807) is 0 Å². The van der Waals surface area contributed by atoms with Crippen LogP contribution < -0.4 is 0 Å². The third kappa shape index (κ3) is 10.7. The van der Waals surface area contributed by atoms with Crippen LogP contribution in [0.1, 0.15) is 11.1 Å². The molecule has 0 fully saturated rings. The number of hydrogen-bond acceptors (Lipinski definition) is 4. The summed E-state index contributed by atoms with van der Waals surface area (Å²) >= 11 is 19.4. The maximum Gasteiger partial charge on any atom is 2.00 e. The molecule has 0 atom stereocenters. The molecule has 0 heterocycles. The summed E-state index contributed by atoms with van der Waals surface area (Å²) in [5.41, 5.74) is 2.46. The Bertz CT molecular complexity index is 581. The van der Waals surface area contributed by atoms with Crippen molar-refractivity contribution >= 4 is 58.3 Å². The van der Waals surface area contributed by atoms with Crippen LogP contribution in [0.25, 0.3) is 0 Å². The maximum absolute atomic E-state index is 4.86. The Morgan fingerprint density at radius 1 is 0.720 bits per heavy atom. The molecule has 2 rings (SSSR count). The van der Waals surface area contributed by atoms with Crippen molar-refractivity contribution in [2.24, 2.45) is 0 Å². The van der Waals surface area contributed by atoms with Crippen molar-refractivity contribution in [3.63, 3.8) is 0 Å². The smallest absolute Gasteiger partial charge is 0.411 e. The van der Waals surface area contributed by atoms with Crippen molar-refractivity contribution < 1.29 is 16.5 Å². The Balaban J connectivity index is 0.000000443. The van der Waals surface area contributed by atoms with Crippen LogP contribution in [0, 0.1) is 0 Å². The number of nitrogens with zero attached hydrogens (tertiary/aromatic N) is 2. The van der Waals surface area contributed by atoms with Gasteiger partial charge in [-0.25, -0.2) is 0 Å². The van der Waals surface area contributed by atoms with Gasteiger partial charge in [-0.05, 0) is 11.1 Å². The van der Waals surface area contributed by atoms with Gasteiger partial charge in [0.15, 0.2) is 0 Å². The van der Waals surface area contributed by atoms with E-state index in [1.807, 2.05) is 60.3 Å². The molecule has 2 nitrogen and oxygen atoms in total. The van der Waals surface area contributed by atoms with Crippen LogP contribution in [0.3, 0.4) is 0 Å². The van der Waals surface area contributed by atoms with Crippen LogP contribution in [0.2, 0.25) is 0 Å². The molecule has 0 N–H and O–H groups in total. The second-order valence-corrected chi connectivity index (χ2v) is 7.28. The third-order valence-corrected chi connectivity index (χ3v) is 4.40. The second kappa shape index (κ2) is 13.4. The summed E-state index contributed by atoms with van der Waals surface area (Å²) in [6, 6.07) is 20.3. The SMILES string of the molecule is CN(Cc1ccccc1)C(=S)[S-].CN(Cc1ccccc1)C(=S)[S-].[Ni+2]. The summed E-state index contributed by atoms with van der Waals surface area (Å²) in [6.07, 6.45) is 0. The summed E-state index contributed by atoms with van der Waals surface area (Å²) in [7, 11) is 3.81. The summed E-state index contributed by atoms with van der Waals surface area (Å²) in [4.78, 5) is 3.75. The van der Waals surface area contributed by atoms with Crippen LogP contribution in [0.15, 0.2) is 60.7 Å². The normalized spacial score (nSPS) is 9.04. The van der Waals surface area contributed by atoms with Gasteiger partial charge in [-0.2, -0.15) is 0 Å². The van der Waals surface area contributed by atoms with Gasteiger partial charge in [0.25, 0.3) is 0 Å². The average Bonchev–Trinajstić information content (AvgIpc) is 2.57. The Morgan fingerprint density at radius 3 is 1.24 bits per heavy atom. The van der Waals surface area contributed by atoms with Crippen molar-refractivity contribution in [3.05, 3.63) is 71.8 Å². The fraction of sp³-hybridized carbons (Fsp3) is 0.222. The summed E-state index contributed by atoms with van der Waals surface area (Å²) in [5, 5.41) is 0. The number of hydrogen-bond donors (Lipinski definition) is 0. The Labute approximate surface area is 182 Å². The molecule has 2 aromatic rings. The molecule has 0 aromatic heterocycles. The van der Waals surface area contributed by atoms with Crippen molar-refractivity contribution in [2.45, 2.75) is 13.1 Å². The number of thiocarbonyl (C=S) groups is 2. The molecule has 0 spiro atoms. The van der Waals surface area contributed by atoms with Gasteiger partial charge in [-0.15, -0.1) is 0 Å². The van der Waals surface area contributed by atoms with E-state index >= 15 is 0 Å². The minimum absolute atomic E-state index is 0. The van der Waals surface area contributed by atoms with Crippen LogP contribution in [0.5, 0.6) is 0 Å². The van der Waals surface area contributed by atoms with E-state index in [-0.39, 0.29) is 16.5 Å².